The quantitative estimate of drug-likeness (QED) is 0.220. The molecule has 0 bridgehead atoms. The van der Waals surface area contributed by atoms with Gasteiger partial charge < -0.3 is 29.4 Å². The molecule has 0 heterocycles. The van der Waals surface area contributed by atoms with Crippen LogP contribution in [0.5, 0.6) is 0 Å². The van der Waals surface area contributed by atoms with Gasteiger partial charge in [-0.15, -0.1) is 0 Å². The Kier molecular flexibility index (Phi) is 7.72. The predicted octanol–water partition coefficient (Wildman–Crippen LogP) is -1.03. The average molecular weight is 356 g/mol. The minimum Gasteiger partial charge on any atom is -0.324 e. The number of rotatable bonds is 9. The van der Waals surface area contributed by atoms with Crippen LogP contribution in [0.3, 0.4) is 0 Å². The molecule has 0 spiro atoms. The topological polar surface area (TPSA) is 179 Å². The summed E-state index contributed by atoms with van der Waals surface area (Å²) in [6, 6.07) is 0. The van der Waals surface area contributed by atoms with E-state index in [1.807, 2.05) is 0 Å². The van der Waals surface area contributed by atoms with Gasteiger partial charge in [0, 0.05) is 0 Å². The normalized spacial score (nSPS) is 14.2. The molecule has 0 saturated carbocycles. The van der Waals surface area contributed by atoms with E-state index in [-0.39, 0.29) is 6.54 Å². The van der Waals surface area contributed by atoms with E-state index in [9.17, 15) is 13.7 Å². The van der Waals surface area contributed by atoms with Crippen LogP contribution in [0.15, 0.2) is 0 Å². The maximum Gasteiger partial charge on any atom is 0.339 e. The van der Waals surface area contributed by atoms with Crippen molar-refractivity contribution in [3.8, 4) is 0 Å². The Morgan fingerprint density at radius 3 is 1.25 bits per heavy atom. The van der Waals surface area contributed by atoms with Gasteiger partial charge in [0.25, 0.3) is 0 Å². The molecule has 0 saturated heterocycles. The molecule has 20 heavy (non-hydrogen) atoms. The molecule has 0 unspecified atom stereocenters. The number of nitrogens with zero attached hydrogens (tertiary/aromatic N) is 2. The fourth-order valence-electron chi connectivity index (χ4n) is 1.44. The van der Waals surface area contributed by atoms with E-state index >= 15 is 0 Å². The molecule has 0 aromatic carbocycles. The van der Waals surface area contributed by atoms with Crippen LogP contribution >= 0.6 is 22.8 Å². The average Bonchev–Trinajstić information content (AvgIpc) is 2.08. The second kappa shape index (κ2) is 7.58. The van der Waals surface area contributed by atoms with E-state index in [1.54, 1.807) is 6.92 Å². The summed E-state index contributed by atoms with van der Waals surface area (Å²) in [6.45, 7) is 1.28. The zero-order chi connectivity index (χ0) is 16.2. The lowest BCUT2D eigenvalue weighted by molar-refractivity contribution is 0.165. The van der Waals surface area contributed by atoms with Crippen molar-refractivity contribution < 1.29 is 43.1 Å². The lowest BCUT2D eigenvalue weighted by atomic mass is 10.6. The van der Waals surface area contributed by atoms with Gasteiger partial charge in [-0.25, -0.2) is 0 Å². The van der Waals surface area contributed by atoms with Crippen LogP contribution in [0.4, 0.5) is 0 Å². The molecule has 0 aliphatic carbocycles. The number of hydrogen-bond donors (Lipinski definition) is 6. The fourth-order valence-corrected chi connectivity index (χ4v) is 3.83. The van der Waals surface area contributed by atoms with E-state index in [4.69, 9.17) is 29.4 Å². The summed E-state index contributed by atoms with van der Waals surface area (Å²) >= 11 is 0. The van der Waals surface area contributed by atoms with Crippen molar-refractivity contribution in [1.29, 1.82) is 0 Å². The van der Waals surface area contributed by atoms with Gasteiger partial charge in [0.2, 0.25) is 0 Å². The van der Waals surface area contributed by atoms with E-state index in [1.165, 1.54) is 0 Å². The molecule has 14 heteroatoms. The predicted molar refractivity (Wildman–Crippen MR) is 69.8 cm³/mol. The van der Waals surface area contributed by atoms with Gasteiger partial charge >= 0.3 is 22.8 Å². The van der Waals surface area contributed by atoms with Gasteiger partial charge in [-0.1, -0.05) is 6.92 Å². The van der Waals surface area contributed by atoms with Crippen LogP contribution in [0.2, 0.25) is 0 Å². The highest BCUT2D eigenvalue weighted by Crippen LogP contribution is 2.41. The first-order valence-electron chi connectivity index (χ1n) is 5.30. The van der Waals surface area contributed by atoms with Crippen LogP contribution in [0.25, 0.3) is 0 Å². The zero-order valence-electron chi connectivity index (χ0n) is 10.7. The SMILES string of the molecule is CCN(CN(CP(=O)(O)O)CP(=O)(O)O)CP(=O)(O)O. The zero-order valence-corrected chi connectivity index (χ0v) is 13.4. The van der Waals surface area contributed by atoms with Crippen molar-refractivity contribution in [1.82, 2.24) is 9.80 Å². The summed E-state index contributed by atoms with van der Waals surface area (Å²) < 4.78 is 32.7. The Morgan fingerprint density at radius 1 is 0.700 bits per heavy atom. The maximum atomic E-state index is 10.9. The van der Waals surface area contributed by atoms with Crippen molar-refractivity contribution in [3.63, 3.8) is 0 Å². The van der Waals surface area contributed by atoms with Crippen molar-refractivity contribution >= 4 is 22.8 Å². The van der Waals surface area contributed by atoms with Crippen LogP contribution < -0.4 is 0 Å². The third kappa shape index (κ3) is 12.1. The highest BCUT2D eigenvalue weighted by molar-refractivity contribution is 7.52. The molecular weight excluding hydrogens is 337 g/mol. The smallest absolute Gasteiger partial charge is 0.324 e. The highest BCUT2D eigenvalue weighted by Gasteiger charge is 2.28. The first-order chi connectivity index (χ1) is 8.72. The third-order valence-electron chi connectivity index (χ3n) is 2.00. The third-order valence-corrected chi connectivity index (χ3v) is 4.31. The molecule has 0 aliphatic heterocycles. The van der Waals surface area contributed by atoms with Crippen LogP contribution in [0.1, 0.15) is 6.92 Å². The molecule has 6 N–H and O–H groups in total. The Balaban J connectivity index is 4.89. The van der Waals surface area contributed by atoms with Gasteiger partial charge in [-0.3, -0.25) is 23.5 Å². The van der Waals surface area contributed by atoms with E-state index in [2.05, 4.69) is 0 Å². The summed E-state index contributed by atoms with van der Waals surface area (Å²) in [5, 5.41) is 0. The molecule has 0 atom stereocenters. The monoisotopic (exact) mass is 356 g/mol. The Bertz CT molecular complexity index is 415. The first kappa shape index (κ1) is 20.4. The molecule has 0 aromatic rings. The highest BCUT2D eigenvalue weighted by atomic mass is 31.2. The van der Waals surface area contributed by atoms with Crippen LogP contribution in [-0.2, 0) is 13.7 Å². The first-order valence-corrected chi connectivity index (χ1v) is 10.7. The summed E-state index contributed by atoms with van der Waals surface area (Å²) in [4.78, 5) is 55.0. The Hall–Kier alpha value is 0.370. The van der Waals surface area contributed by atoms with Gasteiger partial charge in [-0.2, -0.15) is 0 Å². The summed E-state index contributed by atoms with van der Waals surface area (Å²) in [7, 11) is -13.5. The van der Waals surface area contributed by atoms with Crippen LogP contribution in [0, 0.1) is 0 Å². The Labute approximate surface area is 115 Å². The lowest BCUT2D eigenvalue weighted by Crippen LogP contribution is -2.39. The van der Waals surface area contributed by atoms with Gasteiger partial charge in [0.05, 0.1) is 6.67 Å². The van der Waals surface area contributed by atoms with Crippen molar-refractivity contribution in [2.24, 2.45) is 0 Å². The summed E-state index contributed by atoms with van der Waals surface area (Å²) in [5.74, 6) is 0. The molecule has 0 fully saturated rings. The maximum absolute atomic E-state index is 10.9. The molecule has 0 rings (SSSR count). The molecular formula is C6H19N2O9P3. The van der Waals surface area contributed by atoms with Crippen molar-refractivity contribution in [2.45, 2.75) is 6.92 Å². The van der Waals surface area contributed by atoms with Gasteiger partial charge in [0.15, 0.2) is 0 Å². The lowest BCUT2D eigenvalue weighted by Gasteiger charge is -2.29. The molecule has 0 aromatic heterocycles. The molecule has 122 valence electrons. The Morgan fingerprint density at radius 2 is 1.00 bits per heavy atom. The van der Waals surface area contributed by atoms with E-state index < -0.39 is 48.3 Å². The molecule has 0 aliphatic rings. The minimum absolute atomic E-state index is 0.129. The summed E-state index contributed by atoms with van der Waals surface area (Å²) in [5.41, 5.74) is 0. The van der Waals surface area contributed by atoms with E-state index in [0.717, 1.165) is 9.80 Å². The van der Waals surface area contributed by atoms with Gasteiger partial charge in [-0.05, 0) is 6.54 Å². The van der Waals surface area contributed by atoms with Crippen LogP contribution in [-0.4, -0.2) is 71.2 Å². The minimum atomic E-state index is -4.56. The molecule has 0 amide bonds. The van der Waals surface area contributed by atoms with Crippen molar-refractivity contribution in [2.75, 3.05) is 32.1 Å². The summed E-state index contributed by atoms with van der Waals surface area (Å²) in [6.07, 6.45) is -2.52. The molecule has 0 radical (unpaired) electrons. The number of hydrogen-bond acceptors (Lipinski definition) is 5. The van der Waals surface area contributed by atoms with E-state index in [0.29, 0.717) is 0 Å². The fraction of sp³-hybridized carbons (Fsp3) is 1.00. The second-order valence-corrected chi connectivity index (χ2v) is 9.05. The van der Waals surface area contributed by atoms with Crippen molar-refractivity contribution in [3.05, 3.63) is 0 Å². The standard InChI is InChI=1S/C6H19N2O9P3/c1-2-7(4-18(9,10)11)3-8(5-19(12,13)14)6-20(15,16)17/h2-6H2,1H3,(H2,9,10,11)(H2,12,13,14)(H2,15,16,17). The molecule has 11 nitrogen and oxygen atoms in total. The largest absolute Gasteiger partial charge is 0.339 e. The second-order valence-electron chi connectivity index (χ2n) is 4.22. The van der Waals surface area contributed by atoms with Gasteiger partial charge in [0.1, 0.15) is 18.9 Å².